The number of thiazole rings is 1. The molecule has 2 aromatic carbocycles. The van der Waals surface area contributed by atoms with Crippen LogP contribution in [0.4, 0.5) is 16.5 Å². The monoisotopic (exact) mass is 328 g/mol. The quantitative estimate of drug-likeness (QED) is 0.702. The summed E-state index contributed by atoms with van der Waals surface area (Å²) in [5.41, 5.74) is 9.47. The first-order valence-electron chi connectivity index (χ1n) is 7.05. The van der Waals surface area contributed by atoms with Crippen LogP contribution in [0.15, 0.2) is 47.8 Å². The van der Waals surface area contributed by atoms with Crippen LogP contribution in [0, 0.1) is 0 Å². The van der Waals surface area contributed by atoms with Gasteiger partial charge in [-0.1, -0.05) is 23.5 Å². The van der Waals surface area contributed by atoms with Crippen molar-refractivity contribution in [3.63, 3.8) is 0 Å². The van der Waals surface area contributed by atoms with Gasteiger partial charge in [-0.3, -0.25) is 0 Å². The molecule has 0 saturated carbocycles. The van der Waals surface area contributed by atoms with Crippen LogP contribution in [0.1, 0.15) is 0 Å². The van der Waals surface area contributed by atoms with Crippen molar-refractivity contribution in [3.8, 4) is 22.8 Å². The molecule has 1 aromatic heterocycles. The molecule has 0 saturated heterocycles. The van der Waals surface area contributed by atoms with E-state index in [1.54, 1.807) is 25.6 Å². The van der Waals surface area contributed by atoms with Crippen LogP contribution < -0.4 is 25.5 Å². The molecule has 118 valence electrons. The summed E-state index contributed by atoms with van der Waals surface area (Å²) in [6.45, 7) is 0. The minimum atomic E-state index is 0.742. The van der Waals surface area contributed by atoms with Crippen molar-refractivity contribution in [2.24, 2.45) is 0 Å². The molecule has 0 bridgehead atoms. The zero-order valence-electron chi connectivity index (χ0n) is 12.9. The largest absolute Gasteiger partial charge is 0.497 e. The lowest BCUT2D eigenvalue weighted by Gasteiger charge is -2.06. The Kier molecular flexibility index (Phi) is 4.34. The lowest BCUT2D eigenvalue weighted by molar-refractivity contribution is -0.340. The first-order valence-corrected chi connectivity index (χ1v) is 7.93. The van der Waals surface area contributed by atoms with Gasteiger partial charge in [0.25, 0.3) is 0 Å². The maximum atomic E-state index is 5.84. The number of anilines is 3. The Balaban J connectivity index is 1.87. The Morgan fingerprint density at radius 2 is 1.96 bits per heavy atom. The fourth-order valence-corrected chi connectivity index (χ4v) is 3.01. The van der Waals surface area contributed by atoms with Gasteiger partial charge in [-0.05, 0) is 24.3 Å². The van der Waals surface area contributed by atoms with Crippen molar-refractivity contribution in [1.29, 1.82) is 0 Å². The Bertz CT molecular complexity index is 817. The summed E-state index contributed by atoms with van der Waals surface area (Å²) in [7, 11) is 3.28. The summed E-state index contributed by atoms with van der Waals surface area (Å²) in [5, 5.41) is 6.27. The van der Waals surface area contributed by atoms with E-state index in [-0.39, 0.29) is 0 Å². The zero-order valence-corrected chi connectivity index (χ0v) is 13.7. The number of aromatic amines is 1. The van der Waals surface area contributed by atoms with Crippen LogP contribution in [0.25, 0.3) is 11.3 Å². The molecule has 4 N–H and O–H groups in total. The van der Waals surface area contributed by atoms with Crippen molar-refractivity contribution in [2.45, 2.75) is 0 Å². The molecule has 0 aliphatic rings. The van der Waals surface area contributed by atoms with Crippen molar-refractivity contribution >= 4 is 27.8 Å². The number of rotatable bonds is 5. The average molecular weight is 328 g/mol. The second-order valence-electron chi connectivity index (χ2n) is 4.92. The van der Waals surface area contributed by atoms with Crippen molar-refractivity contribution in [2.75, 3.05) is 25.3 Å². The van der Waals surface area contributed by atoms with Crippen LogP contribution in [0.2, 0.25) is 0 Å². The van der Waals surface area contributed by atoms with E-state index in [4.69, 9.17) is 15.2 Å². The van der Waals surface area contributed by atoms with E-state index < -0.39 is 0 Å². The molecule has 3 aromatic rings. The number of aromatic nitrogens is 1. The summed E-state index contributed by atoms with van der Waals surface area (Å²) in [6.07, 6.45) is 0. The van der Waals surface area contributed by atoms with Crippen molar-refractivity contribution in [3.05, 3.63) is 47.8 Å². The number of nitrogens with two attached hydrogens (primary N) is 1. The highest BCUT2D eigenvalue weighted by atomic mass is 32.1. The molecule has 0 aliphatic heterocycles. The second kappa shape index (κ2) is 6.58. The first kappa shape index (κ1) is 15.2. The Hall–Kier alpha value is -2.73. The number of nitrogens with one attached hydrogen (secondary N) is 2. The predicted octanol–water partition coefficient (Wildman–Crippen LogP) is 3.57. The minimum Gasteiger partial charge on any atom is -0.497 e. The zero-order chi connectivity index (χ0) is 16.2. The van der Waals surface area contributed by atoms with E-state index in [0.717, 1.165) is 39.3 Å². The van der Waals surface area contributed by atoms with Gasteiger partial charge in [0.2, 0.25) is 0 Å². The van der Waals surface area contributed by atoms with Crippen LogP contribution in [0.5, 0.6) is 11.5 Å². The van der Waals surface area contributed by atoms with Gasteiger partial charge in [-0.2, -0.15) is 0 Å². The van der Waals surface area contributed by atoms with Crippen molar-refractivity contribution < 1.29 is 14.5 Å². The lowest BCUT2D eigenvalue weighted by atomic mass is 10.1. The Morgan fingerprint density at radius 3 is 2.70 bits per heavy atom. The molecule has 0 radical (unpaired) electrons. The van der Waals surface area contributed by atoms with Gasteiger partial charge in [0.05, 0.1) is 14.2 Å². The summed E-state index contributed by atoms with van der Waals surface area (Å²) in [6, 6.07) is 13.4. The third kappa shape index (κ3) is 3.37. The summed E-state index contributed by atoms with van der Waals surface area (Å²) in [4.78, 5) is 3.35. The summed E-state index contributed by atoms with van der Waals surface area (Å²) < 4.78 is 10.6. The molecule has 1 heterocycles. The molecule has 5 nitrogen and oxygen atoms in total. The normalized spacial score (nSPS) is 10.3. The van der Waals surface area contributed by atoms with E-state index in [2.05, 4.69) is 10.3 Å². The summed E-state index contributed by atoms with van der Waals surface area (Å²) >= 11 is 1.57. The van der Waals surface area contributed by atoms with E-state index >= 15 is 0 Å². The van der Waals surface area contributed by atoms with E-state index in [1.165, 1.54) is 0 Å². The van der Waals surface area contributed by atoms with Gasteiger partial charge in [0.1, 0.15) is 11.4 Å². The molecule has 0 atom stereocenters. The second-order valence-corrected chi connectivity index (χ2v) is 5.80. The van der Waals surface area contributed by atoms with Gasteiger partial charge >= 0.3 is 5.13 Å². The number of ether oxygens (including phenoxy) is 2. The van der Waals surface area contributed by atoms with Gasteiger partial charge in [-0.25, -0.2) is 10.3 Å². The predicted molar refractivity (Wildman–Crippen MR) is 93.6 cm³/mol. The standard InChI is InChI=1S/C17H17N3O2S/c1-21-13-6-7-16(22-2)14(9-13)19-17-20-15(10-23-17)11-4-3-5-12(18)8-11/h3-10H,18H2,1-2H3,(H,19,20)/p+1. The smallest absolute Gasteiger partial charge is 0.337 e. The number of benzene rings is 2. The average Bonchev–Trinajstić information content (AvgIpc) is 3.03. The Labute approximate surface area is 138 Å². The van der Waals surface area contributed by atoms with Gasteiger partial charge < -0.3 is 15.2 Å². The first-order chi connectivity index (χ1) is 11.2. The highest BCUT2D eigenvalue weighted by Crippen LogP contribution is 2.32. The number of hydrogen-bond donors (Lipinski definition) is 2. The number of nitrogen functional groups attached to an aromatic ring is 1. The minimum absolute atomic E-state index is 0.742. The van der Waals surface area contributed by atoms with E-state index in [1.807, 2.05) is 47.8 Å². The number of hydrogen-bond acceptors (Lipinski definition) is 5. The fourth-order valence-electron chi connectivity index (χ4n) is 2.24. The number of H-pyrrole nitrogens is 1. The van der Waals surface area contributed by atoms with Crippen LogP contribution in [-0.4, -0.2) is 14.2 Å². The maximum Gasteiger partial charge on any atom is 0.337 e. The van der Waals surface area contributed by atoms with Gasteiger partial charge in [0, 0.05) is 22.7 Å². The molecule has 0 amide bonds. The fraction of sp³-hybridized carbons (Fsp3) is 0.118. The SMILES string of the molecule is COc1ccc(OC)c(Nc2[nH+]c(-c3cccc(N)c3)cs2)c1. The van der Waals surface area contributed by atoms with Crippen LogP contribution in [0.3, 0.4) is 0 Å². The topological polar surface area (TPSA) is 70.7 Å². The van der Waals surface area contributed by atoms with Gasteiger partial charge in [-0.15, -0.1) is 0 Å². The molecule has 6 heteroatoms. The molecule has 0 spiro atoms. The van der Waals surface area contributed by atoms with Gasteiger partial charge in [0.15, 0.2) is 11.4 Å². The van der Waals surface area contributed by atoms with E-state index in [9.17, 15) is 0 Å². The lowest BCUT2D eigenvalue weighted by Crippen LogP contribution is -2.08. The third-order valence-corrected chi connectivity index (χ3v) is 4.19. The molecule has 0 aliphatic carbocycles. The molecule has 3 rings (SSSR count). The van der Waals surface area contributed by atoms with Crippen molar-refractivity contribution in [1.82, 2.24) is 0 Å². The van der Waals surface area contributed by atoms with E-state index in [0.29, 0.717) is 0 Å². The molecule has 23 heavy (non-hydrogen) atoms. The highest BCUT2D eigenvalue weighted by Gasteiger charge is 2.15. The molecular formula is C17H18N3O2S+. The maximum absolute atomic E-state index is 5.84. The Morgan fingerprint density at radius 1 is 1.09 bits per heavy atom. The van der Waals surface area contributed by atoms with Crippen LogP contribution in [-0.2, 0) is 0 Å². The summed E-state index contributed by atoms with van der Waals surface area (Å²) in [5.74, 6) is 1.51. The molecule has 0 unspecified atom stereocenters. The highest BCUT2D eigenvalue weighted by molar-refractivity contribution is 7.13. The molecule has 0 fully saturated rings. The van der Waals surface area contributed by atoms with Crippen LogP contribution >= 0.6 is 11.3 Å². The molecular weight excluding hydrogens is 310 g/mol. The number of methoxy groups -OCH3 is 2. The third-order valence-electron chi connectivity index (χ3n) is 3.40.